The zero-order chi connectivity index (χ0) is 26.6. The topological polar surface area (TPSA) is 39.2 Å². The minimum Gasteiger partial charge on any atom is -0.497 e. The molecule has 2 aromatic carbocycles. The lowest BCUT2D eigenvalue weighted by Gasteiger charge is -2.38. The lowest BCUT2D eigenvalue weighted by atomic mass is 10.0. The van der Waals surface area contributed by atoms with Crippen LogP contribution in [0, 0.1) is 18.4 Å². The number of aryl methyl sites for hydroxylation is 1. The molecule has 0 aliphatic carbocycles. The first-order chi connectivity index (χ1) is 17.0. The van der Waals surface area contributed by atoms with Crippen molar-refractivity contribution in [3.8, 4) is 39.7 Å². The highest BCUT2D eigenvalue weighted by Gasteiger charge is 2.41. The molecule has 1 heterocycles. The van der Waals surface area contributed by atoms with E-state index in [9.17, 15) is 4.79 Å². The Morgan fingerprint density at radius 1 is 0.861 bits per heavy atom. The average Bonchev–Trinajstić information content (AvgIpc) is 2.83. The molecular formula is C32H39NO2Si. The van der Waals surface area contributed by atoms with Crippen LogP contribution in [-0.2, 0) is 0 Å². The van der Waals surface area contributed by atoms with Gasteiger partial charge in [-0.3, -0.25) is 4.79 Å². The van der Waals surface area contributed by atoms with E-state index in [1.54, 1.807) is 14.0 Å². The second kappa shape index (κ2) is 11.3. The maximum absolute atomic E-state index is 11.8. The molecule has 0 amide bonds. The first-order valence-electron chi connectivity index (χ1n) is 12.8. The van der Waals surface area contributed by atoms with Crippen molar-refractivity contribution in [2.24, 2.45) is 0 Å². The van der Waals surface area contributed by atoms with Crippen LogP contribution in [0.1, 0.15) is 70.0 Å². The number of rotatable bonds is 7. The van der Waals surface area contributed by atoms with Crippen molar-refractivity contribution in [2.45, 2.75) is 72.0 Å². The second-order valence-corrected chi connectivity index (χ2v) is 16.2. The highest BCUT2D eigenvalue weighted by molar-refractivity contribution is 6.90. The van der Waals surface area contributed by atoms with E-state index in [1.807, 2.05) is 36.4 Å². The third-order valence-electron chi connectivity index (χ3n) is 7.41. The quantitative estimate of drug-likeness (QED) is 0.187. The van der Waals surface area contributed by atoms with Gasteiger partial charge in [-0.2, -0.15) is 0 Å². The van der Waals surface area contributed by atoms with Crippen LogP contribution in [0.15, 0.2) is 54.6 Å². The predicted molar refractivity (Wildman–Crippen MR) is 154 cm³/mol. The summed E-state index contributed by atoms with van der Waals surface area (Å²) in [7, 11) is -0.202. The van der Waals surface area contributed by atoms with Gasteiger partial charge >= 0.3 is 0 Å². The molecule has 1 aromatic heterocycles. The number of methoxy groups -OCH3 is 1. The van der Waals surface area contributed by atoms with E-state index in [2.05, 4.69) is 78.1 Å². The highest BCUT2D eigenvalue weighted by atomic mass is 28.3. The maximum Gasteiger partial charge on any atom is 0.159 e. The Bertz CT molecular complexity index is 1270. The van der Waals surface area contributed by atoms with Crippen LogP contribution in [-0.4, -0.2) is 26.0 Å². The van der Waals surface area contributed by atoms with E-state index in [-0.39, 0.29) is 5.78 Å². The minimum atomic E-state index is -1.88. The number of hydrogen-bond donors (Lipinski definition) is 0. The van der Waals surface area contributed by atoms with Gasteiger partial charge < -0.3 is 4.74 Å². The van der Waals surface area contributed by atoms with Crippen LogP contribution < -0.4 is 4.74 Å². The molecular weight excluding hydrogens is 458 g/mol. The first kappa shape index (κ1) is 27.4. The summed E-state index contributed by atoms with van der Waals surface area (Å²) in [6.45, 7) is 17.7. The summed E-state index contributed by atoms with van der Waals surface area (Å²) in [6.07, 6.45) is 0. The van der Waals surface area contributed by atoms with Gasteiger partial charge in [-0.15, -0.1) is 5.54 Å². The number of carbonyl (C=O) groups excluding carboxylic acids is 1. The van der Waals surface area contributed by atoms with Gasteiger partial charge in [0.2, 0.25) is 0 Å². The molecule has 0 radical (unpaired) electrons. The molecule has 0 aliphatic heterocycles. The van der Waals surface area contributed by atoms with Crippen LogP contribution >= 0.6 is 0 Å². The number of benzene rings is 2. The summed E-state index contributed by atoms with van der Waals surface area (Å²) in [5, 5.41) is 0. The molecule has 0 aliphatic rings. The van der Waals surface area contributed by atoms with Gasteiger partial charge in [-0.05, 0) is 66.4 Å². The fourth-order valence-electron chi connectivity index (χ4n) is 5.43. The van der Waals surface area contributed by atoms with Crippen LogP contribution in [0.2, 0.25) is 16.6 Å². The molecule has 0 atom stereocenters. The van der Waals surface area contributed by atoms with Gasteiger partial charge in [0.05, 0.1) is 18.5 Å². The van der Waals surface area contributed by atoms with Gasteiger partial charge in [0, 0.05) is 22.3 Å². The van der Waals surface area contributed by atoms with Crippen LogP contribution in [0.25, 0.3) is 22.5 Å². The third kappa shape index (κ3) is 5.63. The Kier molecular flexibility index (Phi) is 8.58. The molecule has 0 bridgehead atoms. The van der Waals surface area contributed by atoms with Gasteiger partial charge in [0.1, 0.15) is 13.8 Å². The maximum atomic E-state index is 11.8. The van der Waals surface area contributed by atoms with Crippen LogP contribution in [0.4, 0.5) is 0 Å². The lowest BCUT2D eigenvalue weighted by molar-refractivity contribution is 0.101. The molecule has 0 fully saturated rings. The van der Waals surface area contributed by atoms with Crippen molar-refractivity contribution in [3.63, 3.8) is 0 Å². The standard InChI is InChI=1S/C32H39NO2Si/c1-21(2)36(22(3)4,23(5)6)17-16-26-19-31(28-12-10-27(11-13-28)25(8)34)33-32(20-26)30-15-14-29(35-9)18-24(30)7/h10-15,18-23H,1-9H3. The highest BCUT2D eigenvalue weighted by Crippen LogP contribution is 2.41. The summed E-state index contributed by atoms with van der Waals surface area (Å²) in [6, 6.07) is 17.9. The van der Waals surface area contributed by atoms with E-state index in [1.165, 1.54) is 0 Å². The molecule has 0 unspecified atom stereocenters. The monoisotopic (exact) mass is 497 g/mol. The van der Waals surface area contributed by atoms with Gasteiger partial charge in [0.25, 0.3) is 0 Å². The molecule has 36 heavy (non-hydrogen) atoms. The Balaban J connectivity index is 2.22. The van der Waals surface area contributed by atoms with Crippen molar-refractivity contribution in [2.75, 3.05) is 7.11 Å². The molecule has 188 valence electrons. The second-order valence-electron chi connectivity index (χ2n) is 10.6. The normalized spacial score (nSPS) is 11.6. The molecule has 3 nitrogen and oxygen atoms in total. The summed E-state index contributed by atoms with van der Waals surface area (Å²) in [5.74, 6) is 4.50. The molecule has 0 saturated heterocycles. The van der Waals surface area contributed by atoms with Crippen molar-refractivity contribution in [3.05, 3.63) is 71.3 Å². The third-order valence-corrected chi connectivity index (χ3v) is 13.7. The SMILES string of the molecule is COc1ccc(-c2cc(C#C[Si](C(C)C)(C(C)C)C(C)C)cc(-c3ccc(C(C)=O)cc3)n2)c(C)c1. The van der Waals surface area contributed by atoms with Crippen molar-refractivity contribution < 1.29 is 9.53 Å². The number of hydrogen-bond acceptors (Lipinski definition) is 3. The van der Waals surface area contributed by atoms with Crippen LogP contribution in [0.5, 0.6) is 5.75 Å². The molecule has 0 spiro atoms. The molecule has 3 rings (SSSR count). The fraction of sp³-hybridized carbons (Fsp3) is 0.375. The summed E-state index contributed by atoms with van der Waals surface area (Å²) < 4.78 is 5.41. The van der Waals surface area contributed by atoms with Gasteiger partial charge in [0.15, 0.2) is 5.78 Å². The zero-order valence-corrected chi connectivity index (χ0v) is 24.2. The molecule has 0 saturated carbocycles. The molecule has 4 heteroatoms. The van der Waals surface area contributed by atoms with E-state index >= 15 is 0 Å². The molecule has 3 aromatic rings. The van der Waals surface area contributed by atoms with E-state index in [0.717, 1.165) is 39.4 Å². The molecule has 0 N–H and O–H groups in total. The lowest BCUT2D eigenvalue weighted by Crippen LogP contribution is -2.43. The van der Waals surface area contributed by atoms with E-state index in [0.29, 0.717) is 22.2 Å². The Morgan fingerprint density at radius 3 is 1.94 bits per heavy atom. The van der Waals surface area contributed by atoms with Crippen molar-refractivity contribution in [1.29, 1.82) is 0 Å². The smallest absolute Gasteiger partial charge is 0.159 e. The minimum absolute atomic E-state index is 0.0565. The number of pyridine rings is 1. The summed E-state index contributed by atoms with van der Waals surface area (Å²) >= 11 is 0. The Morgan fingerprint density at radius 2 is 1.44 bits per heavy atom. The Labute approximate surface area is 218 Å². The van der Waals surface area contributed by atoms with Crippen molar-refractivity contribution >= 4 is 13.9 Å². The summed E-state index contributed by atoms with van der Waals surface area (Å²) in [5.41, 5.74) is 12.1. The number of ketones is 1. The fourth-order valence-corrected chi connectivity index (χ4v) is 10.7. The predicted octanol–water partition coefficient (Wildman–Crippen LogP) is 8.50. The average molecular weight is 498 g/mol. The number of nitrogens with zero attached hydrogens (tertiary/aromatic N) is 1. The zero-order valence-electron chi connectivity index (χ0n) is 23.2. The largest absolute Gasteiger partial charge is 0.497 e. The first-order valence-corrected chi connectivity index (χ1v) is 15.0. The van der Waals surface area contributed by atoms with Crippen molar-refractivity contribution in [1.82, 2.24) is 4.98 Å². The van der Waals surface area contributed by atoms with Crippen LogP contribution in [0.3, 0.4) is 0 Å². The van der Waals surface area contributed by atoms with Gasteiger partial charge in [-0.1, -0.05) is 71.7 Å². The summed E-state index contributed by atoms with van der Waals surface area (Å²) in [4.78, 5) is 16.8. The number of Topliss-reactive ketones (excluding diaryl/α,β-unsaturated/α-hetero) is 1. The van der Waals surface area contributed by atoms with E-state index < -0.39 is 8.07 Å². The number of aromatic nitrogens is 1. The Hall–Kier alpha value is -3.16. The number of ether oxygens (including phenoxy) is 1. The van der Waals surface area contributed by atoms with Gasteiger partial charge in [-0.25, -0.2) is 4.98 Å². The van der Waals surface area contributed by atoms with E-state index in [4.69, 9.17) is 9.72 Å². The number of carbonyl (C=O) groups is 1.